The fourth-order valence-electron chi connectivity index (χ4n) is 3.62. The lowest BCUT2D eigenvalue weighted by molar-refractivity contribution is -0.140. The molecule has 0 fully saturated rings. The minimum absolute atomic E-state index is 0.105. The van der Waals surface area contributed by atoms with Gasteiger partial charge in [-0.1, -0.05) is 29.5 Å². The number of carbonyl (C=O) groups is 1. The molecule has 0 aliphatic rings. The van der Waals surface area contributed by atoms with Crippen LogP contribution in [0.25, 0.3) is 10.9 Å². The van der Waals surface area contributed by atoms with Crippen molar-refractivity contribution in [1.29, 1.82) is 0 Å². The number of H-pyrrole nitrogens is 1. The zero-order valence-corrected chi connectivity index (χ0v) is 20.2. The van der Waals surface area contributed by atoms with E-state index in [0.29, 0.717) is 4.88 Å². The van der Waals surface area contributed by atoms with Crippen molar-refractivity contribution < 1.29 is 35.9 Å². The van der Waals surface area contributed by atoms with Crippen LogP contribution in [0.5, 0.6) is 0 Å². The maximum atomic E-state index is 14.3. The Bertz CT molecular complexity index is 1650. The van der Waals surface area contributed by atoms with E-state index in [2.05, 4.69) is 16.8 Å². The Kier molecular flexibility index (Phi) is 6.93. The van der Waals surface area contributed by atoms with Crippen molar-refractivity contribution in [2.24, 2.45) is 5.92 Å². The number of aliphatic carboxylic acids is 1. The van der Waals surface area contributed by atoms with Crippen LogP contribution in [0, 0.1) is 48.0 Å². The van der Waals surface area contributed by atoms with Crippen LogP contribution in [0.1, 0.15) is 21.6 Å². The van der Waals surface area contributed by atoms with E-state index in [1.165, 1.54) is 12.1 Å². The van der Waals surface area contributed by atoms with Gasteiger partial charge >= 0.3 is 5.97 Å². The number of aromatic amines is 1. The third-order valence-corrected chi connectivity index (χ3v) is 8.88. The molecule has 0 bridgehead atoms. The molecule has 0 radical (unpaired) electrons. The molecule has 0 aliphatic carbocycles. The molecule has 0 saturated carbocycles. The Hall–Kier alpha value is -3.62. The van der Waals surface area contributed by atoms with Crippen molar-refractivity contribution in [1.82, 2.24) is 4.98 Å². The van der Waals surface area contributed by atoms with Crippen molar-refractivity contribution in [3.05, 3.63) is 87.4 Å². The van der Waals surface area contributed by atoms with Crippen LogP contribution in [0.4, 0.5) is 17.6 Å². The summed E-state index contributed by atoms with van der Waals surface area (Å²) in [5.74, 6) is -5.55. The molecule has 186 valence electrons. The molecular weight excluding hydrogens is 518 g/mol. The molecule has 0 aliphatic heterocycles. The van der Waals surface area contributed by atoms with E-state index in [1.807, 2.05) is 31.2 Å². The summed E-state index contributed by atoms with van der Waals surface area (Å²) in [5, 5.41) is 8.95. The highest BCUT2D eigenvalue weighted by molar-refractivity contribution is 7.93. The maximum Gasteiger partial charge on any atom is 0.307 e. The first kappa shape index (κ1) is 25.5. The Balaban J connectivity index is 1.58. The minimum atomic E-state index is -4.10. The van der Waals surface area contributed by atoms with Gasteiger partial charge in [-0.25, -0.2) is 26.0 Å². The van der Waals surface area contributed by atoms with Gasteiger partial charge in [-0.05, 0) is 43.2 Å². The van der Waals surface area contributed by atoms with Gasteiger partial charge in [-0.15, -0.1) is 11.3 Å². The highest BCUT2D eigenvalue weighted by Gasteiger charge is 2.31. The summed E-state index contributed by atoms with van der Waals surface area (Å²) in [5.41, 5.74) is 0.932. The average molecular weight is 536 g/mol. The van der Waals surface area contributed by atoms with Crippen LogP contribution in [0.15, 0.2) is 46.8 Å². The van der Waals surface area contributed by atoms with E-state index in [9.17, 15) is 35.9 Å². The number of aryl methyl sites for hydroxylation is 1. The third-order valence-electron chi connectivity index (χ3n) is 5.48. The molecule has 2 aromatic heterocycles. The number of aromatic nitrogens is 1. The number of carboxylic acids is 1. The van der Waals surface area contributed by atoms with Gasteiger partial charge in [0, 0.05) is 17.1 Å². The van der Waals surface area contributed by atoms with Gasteiger partial charge in [0.05, 0.1) is 22.1 Å². The van der Waals surface area contributed by atoms with Gasteiger partial charge < -0.3 is 10.1 Å². The quantitative estimate of drug-likeness (QED) is 0.154. The first-order valence-electron chi connectivity index (χ1n) is 10.4. The van der Waals surface area contributed by atoms with E-state index in [1.54, 1.807) is 0 Å². The Morgan fingerprint density at radius 2 is 1.67 bits per heavy atom. The molecule has 2 N–H and O–H groups in total. The molecule has 4 rings (SSSR count). The minimum Gasteiger partial charge on any atom is -0.481 e. The molecule has 1 atom stereocenters. The number of thiophene rings is 1. The number of hydrogen-bond donors (Lipinski definition) is 2. The Morgan fingerprint density at radius 1 is 1.00 bits per heavy atom. The van der Waals surface area contributed by atoms with Gasteiger partial charge in [0.25, 0.3) is 0 Å². The number of sulfone groups is 1. The summed E-state index contributed by atoms with van der Waals surface area (Å²) in [4.78, 5) is 14.5. The number of fused-ring (bicyclic) bond motifs is 1. The zero-order valence-electron chi connectivity index (χ0n) is 18.5. The van der Waals surface area contributed by atoms with Crippen LogP contribution in [-0.2, 0) is 21.1 Å². The van der Waals surface area contributed by atoms with E-state index in [4.69, 9.17) is 0 Å². The molecule has 36 heavy (non-hydrogen) atoms. The largest absolute Gasteiger partial charge is 0.481 e. The second-order valence-electron chi connectivity index (χ2n) is 8.08. The molecule has 2 aromatic carbocycles. The van der Waals surface area contributed by atoms with Crippen LogP contribution >= 0.6 is 11.3 Å². The summed E-state index contributed by atoms with van der Waals surface area (Å²) < 4.78 is 81.3. The predicted octanol–water partition coefficient (Wildman–Crippen LogP) is 5.21. The van der Waals surface area contributed by atoms with Crippen molar-refractivity contribution in [3.63, 3.8) is 0 Å². The second-order valence-corrected chi connectivity index (χ2v) is 11.4. The number of halogens is 4. The number of nitrogens with one attached hydrogen (secondary N) is 1. The summed E-state index contributed by atoms with van der Waals surface area (Å²) in [7, 11) is -4.10. The normalized spacial score (nSPS) is 12.4. The van der Waals surface area contributed by atoms with Crippen molar-refractivity contribution in [2.45, 2.75) is 17.6 Å². The molecular formula is C25H17F4NO4S2. The van der Waals surface area contributed by atoms with E-state index in [0.717, 1.165) is 28.7 Å². The lowest BCUT2D eigenvalue weighted by Gasteiger charge is -2.12. The Morgan fingerprint density at radius 3 is 2.33 bits per heavy atom. The van der Waals surface area contributed by atoms with Crippen LogP contribution in [0.3, 0.4) is 0 Å². The van der Waals surface area contributed by atoms with Gasteiger partial charge in [0.15, 0.2) is 33.1 Å². The first-order valence-corrected chi connectivity index (χ1v) is 12.9. The lowest BCUT2D eigenvalue weighted by Crippen LogP contribution is -2.25. The number of rotatable bonds is 6. The van der Waals surface area contributed by atoms with E-state index in [-0.39, 0.29) is 9.77 Å². The summed E-state index contributed by atoms with van der Waals surface area (Å²) in [6.45, 7) is 1.93. The standard InChI is InChI=1S/C25H17F4NO4S2/c1-13-2-4-14(5-3-13)6-7-17-8-9-18(35-17)36(33,34)12-16(25(31)32)10-15-11-30-24-19(15)20(26)21(27)22(28)23(24)29/h2-5,8-9,11,16,30H,10,12H2,1H3,(H,31,32)/t16-/m0/s1. The molecule has 4 aromatic rings. The average Bonchev–Trinajstić information content (AvgIpc) is 3.48. The van der Waals surface area contributed by atoms with Crippen LogP contribution < -0.4 is 0 Å². The third kappa shape index (κ3) is 5.01. The molecule has 0 spiro atoms. The van der Waals surface area contributed by atoms with E-state index < -0.39 is 68.1 Å². The maximum absolute atomic E-state index is 14.3. The fourth-order valence-corrected chi connectivity index (χ4v) is 6.42. The first-order chi connectivity index (χ1) is 17.0. The summed E-state index contributed by atoms with van der Waals surface area (Å²) in [6, 6.07) is 10.2. The number of hydrogen-bond acceptors (Lipinski definition) is 4. The monoisotopic (exact) mass is 535 g/mol. The highest BCUT2D eigenvalue weighted by atomic mass is 32.2. The van der Waals surface area contributed by atoms with Gasteiger partial charge in [-0.2, -0.15) is 0 Å². The smallest absolute Gasteiger partial charge is 0.307 e. The molecule has 5 nitrogen and oxygen atoms in total. The molecule has 2 heterocycles. The van der Waals surface area contributed by atoms with E-state index >= 15 is 0 Å². The van der Waals surface area contributed by atoms with Crippen LogP contribution in [0.2, 0.25) is 0 Å². The molecule has 11 heteroatoms. The Labute approximate surface area is 207 Å². The lowest BCUT2D eigenvalue weighted by atomic mass is 10.00. The van der Waals surface area contributed by atoms with Gasteiger partial charge in [-0.3, -0.25) is 4.79 Å². The zero-order chi connectivity index (χ0) is 26.2. The summed E-state index contributed by atoms with van der Waals surface area (Å²) in [6.07, 6.45) is 0.434. The fraction of sp³-hybridized carbons (Fsp3) is 0.160. The predicted molar refractivity (Wildman–Crippen MR) is 126 cm³/mol. The van der Waals surface area contributed by atoms with Gasteiger partial charge in [0.1, 0.15) is 4.21 Å². The molecule has 0 amide bonds. The SMILES string of the molecule is Cc1ccc(C#Cc2ccc(S(=O)(=O)C[C@H](Cc3c[nH]c4c(F)c(F)c(F)c(F)c34)C(=O)O)s2)cc1. The summed E-state index contributed by atoms with van der Waals surface area (Å²) >= 11 is 0.873. The highest BCUT2D eigenvalue weighted by Crippen LogP contribution is 2.31. The van der Waals surface area contributed by atoms with Crippen molar-refractivity contribution in [2.75, 3.05) is 5.75 Å². The molecule has 0 unspecified atom stereocenters. The topological polar surface area (TPSA) is 87.2 Å². The van der Waals surface area contributed by atoms with Crippen LogP contribution in [-0.4, -0.2) is 30.2 Å². The second kappa shape index (κ2) is 9.79. The van der Waals surface area contributed by atoms with Crippen molar-refractivity contribution >= 4 is 38.0 Å². The number of benzene rings is 2. The van der Waals surface area contributed by atoms with Crippen molar-refractivity contribution in [3.8, 4) is 11.8 Å². The molecule has 0 saturated heterocycles. The van der Waals surface area contributed by atoms with Gasteiger partial charge in [0.2, 0.25) is 0 Å². The number of carboxylic acid groups (broad SMARTS) is 1.